The molecule has 0 heterocycles. The van der Waals surface area contributed by atoms with Crippen LogP contribution in [0.5, 0.6) is 0 Å². The minimum atomic E-state index is -0.654. The van der Waals surface area contributed by atoms with Gasteiger partial charge >= 0.3 is 0 Å². The zero-order valence-corrected chi connectivity index (χ0v) is 14.4. The molecule has 0 aromatic carbocycles. The number of hydrogen-bond acceptors (Lipinski definition) is 4. The van der Waals surface area contributed by atoms with Crippen LogP contribution in [0.2, 0.25) is 0 Å². The number of nitriles is 2. The monoisotopic (exact) mass is 320 g/mol. The highest BCUT2D eigenvalue weighted by Gasteiger charge is 2.58. The van der Waals surface area contributed by atoms with E-state index >= 15 is 0 Å². The Morgan fingerprint density at radius 2 is 1.67 bits per heavy atom. The van der Waals surface area contributed by atoms with Crippen molar-refractivity contribution in [3.05, 3.63) is 34.9 Å². The fourth-order valence-corrected chi connectivity index (χ4v) is 5.08. The summed E-state index contributed by atoms with van der Waals surface area (Å²) in [6.45, 7) is 7.85. The first kappa shape index (κ1) is 16.4. The van der Waals surface area contributed by atoms with Gasteiger partial charge in [-0.25, -0.2) is 0 Å². The van der Waals surface area contributed by atoms with E-state index in [9.17, 15) is 20.1 Å². The van der Waals surface area contributed by atoms with Crippen LogP contribution in [0.3, 0.4) is 0 Å². The van der Waals surface area contributed by atoms with Gasteiger partial charge in [-0.05, 0) is 30.4 Å². The molecule has 0 bridgehead atoms. The van der Waals surface area contributed by atoms with Gasteiger partial charge in [0, 0.05) is 16.2 Å². The molecule has 3 aliphatic rings. The van der Waals surface area contributed by atoms with Gasteiger partial charge < -0.3 is 0 Å². The first-order chi connectivity index (χ1) is 11.1. The van der Waals surface area contributed by atoms with Gasteiger partial charge in [-0.1, -0.05) is 39.8 Å². The normalized spacial score (nSPS) is 37.1. The molecule has 0 amide bonds. The van der Waals surface area contributed by atoms with Crippen LogP contribution in [0.15, 0.2) is 34.9 Å². The maximum atomic E-state index is 12.6. The van der Waals surface area contributed by atoms with Crippen LogP contribution in [0.25, 0.3) is 0 Å². The molecule has 0 spiro atoms. The Morgan fingerprint density at radius 3 is 2.25 bits per heavy atom. The number of carbonyl (C=O) groups excluding carboxylic acids is 2. The fourth-order valence-electron chi connectivity index (χ4n) is 5.08. The Bertz CT molecular complexity index is 844. The third-order valence-corrected chi connectivity index (χ3v) is 6.26. The van der Waals surface area contributed by atoms with Crippen LogP contribution in [0.1, 0.15) is 40.5 Å². The summed E-state index contributed by atoms with van der Waals surface area (Å²) < 4.78 is 0. The summed E-state index contributed by atoms with van der Waals surface area (Å²) in [7, 11) is 0. The lowest BCUT2D eigenvalue weighted by atomic mass is 9.45. The van der Waals surface area contributed by atoms with Crippen LogP contribution in [0.4, 0.5) is 0 Å². The number of allylic oxidation sites excluding steroid dienone is 6. The summed E-state index contributed by atoms with van der Waals surface area (Å²) in [5.41, 5.74) is -0.312. The molecule has 0 aromatic rings. The third-order valence-electron chi connectivity index (χ3n) is 6.26. The van der Waals surface area contributed by atoms with E-state index in [0.717, 1.165) is 18.4 Å². The average molecular weight is 320 g/mol. The van der Waals surface area contributed by atoms with Crippen molar-refractivity contribution in [2.45, 2.75) is 40.5 Å². The van der Waals surface area contributed by atoms with Crippen LogP contribution >= 0.6 is 0 Å². The highest BCUT2D eigenvalue weighted by Crippen LogP contribution is 2.63. The van der Waals surface area contributed by atoms with Gasteiger partial charge in [-0.3, -0.25) is 9.59 Å². The van der Waals surface area contributed by atoms with E-state index < -0.39 is 16.2 Å². The SMILES string of the molecule is CC1(C)C(=O)C(C#N)=CC2(C)C3=CC(=O)C(C#N)=C[C@]3(C)CCC12. The Balaban J connectivity index is 2.26. The summed E-state index contributed by atoms with van der Waals surface area (Å²) in [5.74, 6) is -0.376. The van der Waals surface area contributed by atoms with E-state index in [2.05, 4.69) is 0 Å². The second-order valence-corrected chi connectivity index (χ2v) is 8.10. The molecule has 24 heavy (non-hydrogen) atoms. The van der Waals surface area contributed by atoms with E-state index in [4.69, 9.17) is 0 Å². The Hall–Kier alpha value is -2.46. The van der Waals surface area contributed by atoms with Crippen LogP contribution < -0.4 is 0 Å². The Labute approximate surface area is 142 Å². The second kappa shape index (κ2) is 4.77. The zero-order chi connectivity index (χ0) is 17.9. The van der Waals surface area contributed by atoms with Crippen molar-refractivity contribution in [3.63, 3.8) is 0 Å². The van der Waals surface area contributed by atoms with Gasteiger partial charge in [-0.15, -0.1) is 0 Å². The van der Waals surface area contributed by atoms with E-state index in [1.807, 2.05) is 39.8 Å². The molecule has 1 fully saturated rings. The molecule has 0 aromatic heterocycles. The maximum Gasteiger partial charge on any atom is 0.196 e. The van der Waals surface area contributed by atoms with Gasteiger partial charge in [0.2, 0.25) is 0 Å². The van der Waals surface area contributed by atoms with Crippen molar-refractivity contribution < 1.29 is 9.59 Å². The van der Waals surface area contributed by atoms with Crippen molar-refractivity contribution in [2.75, 3.05) is 0 Å². The number of Topliss-reactive ketones (excluding diaryl/α,β-unsaturated/α-hetero) is 1. The lowest BCUT2D eigenvalue weighted by Gasteiger charge is -2.57. The average Bonchev–Trinajstić information content (AvgIpc) is 2.52. The van der Waals surface area contributed by atoms with E-state index in [-0.39, 0.29) is 28.6 Å². The van der Waals surface area contributed by atoms with Crippen molar-refractivity contribution in [2.24, 2.45) is 22.2 Å². The molecule has 0 aliphatic heterocycles. The third kappa shape index (κ3) is 1.89. The predicted molar refractivity (Wildman–Crippen MR) is 88.2 cm³/mol. The lowest BCUT2D eigenvalue weighted by Crippen LogP contribution is -2.53. The van der Waals surface area contributed by atoms with Crippen molar-refractivity contribution in [1.29, 1.82) is 10.5 Å². The number of fused-ring (bicyclic) bond motifs is 3. The minimum absolute atomic E-state index is 0.0266. The molecule has 0 saturated heterocycles. The zero-order valence-electron chi connectivity index (χ0n) is 14.4. The standard InChI is InChI=1S/C20H20N2O2/c1-18(2)15-5-6-19(3)8-12(10-21)14(23)7-16(19)20(15,4)9-13(11-22)17(18)24/h7-9,15H,5-6H2,1-4H3/t15?,19-,20?/m0/s1. The first-order valence-corrected chi connectivity index (χ1v) is 8.18. The maximum absolute atomic E-state index is 12.6. The van der Waals surface area contributed by atoms with Gasteiger partial charge in [0.1, 0.15) is 12.1 Å². The molecule has 3 aliphatic carbocycles. The summed E-state index contributed by atoms with van der Waals surface area (Å²) in [6, 6.07) is 4.02. The number of hydrogen-bond donors (Lipinski definition) is 0. The van der Waals surface area contributed by atoms with Gasteiger partial charge in [0.05, 0.1) is 11.1 Å². The van der Waals surface area contributed by atoms with Crippen molar-refractivity contribution in [1.82, 2.24) is 0 Å². The van der Waals surface area contributed by atoms with Crippen molar-refractivity contribution in [3.8, 4) is 12.1 Å². The van der Waals surface area contributed by atoms with E-state index in [0.29, 0.717) is 0 Å². The van der Waals surface area contributed by atoms with Crippen LogP contribution in [0, 0.1) is 44.8 Å². The molecule has 1 saturated carbocycles. The number of ketones is 2. The largest absolute Gasteiger partial charge is 0.293 e. The van der Waals surface area contributed by atoms with Gasteiger partial charge in [0.25, 0.3) is 0 Å². The smallest absolute Gasteiger partial charge is 0.196 e. The lowest BCUT2D eigenvalue weighted by molar-refractivity contribution is -0.130. The van der Waals surface area contributed by atoms with Crippen LogP contribution in [-0.2, 0) is 9.59 Å². The van der Waals surface area contributed by atoms with Gasteiger partial charge in [0.15, 0.2) is 11.6 Å². The number of carbonyl (C=O) groups is 2. The molecule has 2 unspecified atom stereocenters. The summed E-state index contributed by atoms with van der Waals surface area (Å²) >= 11 is 0. The summed E-state index contributed by atoms with van der Waals surface area (Å²) in [5, 5.41) is 18.6. The molecule has 122 valence electrons. The molecule has 4 heteroatoms. The second-order valence-electron chi connectivity index (χ2n) is 8.10. The Kier molecular flexibility index (Phi) is 3.26. The molecule has 4 nitrogen and oxygen atoms in total. The molecular weight excluding hydrogens is 300 g/mol. The number of nitrogens with zero attached hydrogens (tertiary/aromatic N) is 2. The molecular formula is C20H20N2O2. The molecule has 3 atom stereocenters. The van der Waals surface area contributed by atoms with E-state index in [1.54, 1.807) is 18.2 Å². The highest BCUT2D eigenvalue weighted by molar-refractivity contribution is 6.09. The van der Waals surface area contributed by atoms with Crippen molar-refractivity contribution >= 4 is 11.6 Å². The fraction of sp³-hybridized carbons (Fsp3) is 0.500. The first-order valence-electron chi connectivity index (χ1n) is 8.18. The summed E-state index contributed by atoms with van der Waals surface area (Å²) in [6.07, 6.45) is 6.69. The Morgan fingerprint density at radius 1 is 1.04 bits per heavy atom. The molecule has 3 rings (SSSR count). The quantitative estimate of drug-likeness (QED) is 0.684. The minimum Gasteiger partial charge on any atom is -0.293 e. The van der Waals surface area contributed by atoms with Gasteiger partial charge in [-0.2, -0.15) is 10.5 Å². The van der Waals surface area contributed by atoms with Crippen LogP contribution in [-0.4, -0.2) is 11.6 Å². The highest BCUT2D eigenvalue weighted by atomic mass is 16.1. The predicted octanol–water partition coefficient (Wildman–Crippen LogP) is 3.43. The topological polar surface area (TPSA) is 81.7 Å². The molecule has 0 radical (unpaired) electrons. The van der Waals surface area contributed by atoms with E-state index in [1.165, 1.54) is 0 Å². The molecule has 0 N–H and O–H groups in total. The summed E-state index contributed by atoms with van der Waals surface area (Å²) in [4.78, 5) is 24.9. The number of rotatable bonds is 0.